The summed E-state index contributed by atoms with van der Waals surface area (Å²) >= 11 is 1.69. The van der Waals surface area contributed by atoms with Crippen LogP contribution in [0.25, 0.3) is 0 Å². The molecule has 0 saturated carbocycles. The molecule has 132 valence electrons. The number of benzene rings is 1. The Labute approximate surface area is 164 Å². The summed E-state index contributed by atoms with van der Waals surface area (Å²) in [6.07, 6.45) is 0.937. The lowest BCUT2D eigenvalue weighted by Crippen LogP contribution is -2.38. The molecule has 0 atom stereocenters. The molecule has 24 heavy (non-hydrogen) atoms. The predicted octanol–water partition coefficient (Wildman–Crippen LogP) is 3.70. The molecule has 1 heterocycles. The van der Waals surface area contributed by atoms with Crippen LogP contribution in [-0.4, -0.2) is 33.1 Å². The van der Waals surface area contributed by atoms with Crippen molar-refractivity contribution in [3.05, 3.63) is 52.5 Å². The maximum Gasteiger partial charge on any atom is 0.191 e. The fourth-order valence-electron chi connectivity index (χ4n) is 2.17. The van der Waals surface area contributed by atoms with Crippen LogP contribution in [0.5, 0.6) is 0 Å². The number of hydrogen-bond acceptors (Lipinski definition) is 3. The Balaban J connectivity index is 0.00000288. The Hall–Kier alpha value is -1.35. The van der Waals surface area contributed by atoms with Gasteiger partial charge in [-0.3, -0.25) is 4.99 Å². The van der Waals surface area contributed by atoms with Crippen molar-refractivity contribution in [3.8, 4) is 0 Å². The smallest absolute Gasteiger partial charge is 0.191 e. The normalized spacial score (nSPS) is 10.9. The van der Waals surface area contributed by atoms with Crippen molar-refractivity contribution in [3.63, 3.8) is 0 Å². The molecule has 1 aromatic carbocycles. The second kappa shape index (κ2) is 11.2. The average molecular weight is 462 g/mol. The van der Waals surface area contributed by atoms with E-state index in [1.54, 1.807) is 30.5 Å². The molecule has 0 aliphatic rings. The molecular formula is C17H24FIN4S. The van der Waals surface area contributed by atoms with Gasteiger partial charge in [0.1, 0.15) is 5.82 Å². The third-order valence-corrected chi connectivity index (χ3v) is 4.21. The standard InChI is InChI=1S/C17H23FN4S.HI/c1-19-17(21-12-14-7-10-23-13-14)20-8-4-9-22(2)16-6-3-5-15(18)11-16;/h3,5-7,10-11,13H,4,8-9,12H2,1-2H3,(H2,19,20,21);1H. The van der Waals surface area contributed by atoms with Crippen molar-refractivity contribution in [2.75, 3.05) is 32.1 Å². The first-order valence-electron chi connectivity index (χ1n) is 7.61. The van der Waals surface area contributed by atoms with Crippen LogP contribution in [0.3, 0.4) is 0 Å². The molecule has 0 fully saturated rings. The summed E-state index contributed by atoms with van der Waals surface area (Å²) in [6, 6.07) is 8.75. The summed E-state index contributed by atoms with van der Waals surface area (Å²) in [7, 11) is 3.74. The zero-order valence-electron chi connectivity index (χ0n) is 14.0. The van der Waals surface area contributed by atoms with Gasteiger partial charge in [-0.2, -0.15) is 11.3 Å². The number of halogens is 2. The summed E-state index contributed by atoms with van der Waals surface area (Å²) in [4.78, 5) is 6.26. The zero-order chi connectivity index (χ0) is 16.5. The first-order chi connectivity index (χ1) is 11.2. The minimum Gasteiger partial charge on any atom is -0.374 e. The van der Waals surface area contributed by atoms with Gasteiger partial charge in [0, 0.05) is 39.4 Å². The van der Waals surface area contributed by atoms with Crippen molar-refractivity contribution in [2.24, 2.45) is 4.99 Å². The summed E-state index contributed by atoms with van der Waals surface area (Å²) in [5.41, 5.74) is 2.15. The van der Waals surface area contributed by atoms with Gasteiger partial charge in [0.25, 0.3) is 0 Å². The van der Waals surface area contributed by atoms with Gasteiger partial charge in [-0.05, 0) is 47.0 Å². The molecule has 2 N–H and O–H groups in total. The minimum atomic E-state index is -0.203. The van der Waals surface area contributed by atoms with Gasteiger partial charge in [0.05, 0.1) is 0 Å². The quantitative estimate of drug-likeness (QED) is 0.285. The largest absolute Gasteiger partial charge is 0.374 e. The second-order valence-corrected chi connectivity index (χ2v) is 6.02. The van der Waals surface area contributed by atoms with E-state index in [4.69, 9.17) is 0 Å². The van der Waals surface area contributed by atoms with Crippen LogP contribution >= 0.6 is 35.3 Å². The third kappa shape index (κ3) is 7.04. The highest BCUT2D eigenvalue weighted by Gasteiger charge is 2.03. The lowest BCUT2D eigenvalue weighted by molar-refractivity contribution is 0.626. The molecule has 0 radical (unpaired) electrons. The summed E-state index contributed by atoms with van der Waals surface area (Å²) < 4.78 is 13.2. The number of thiophene rings is 1. The van der Waals surface area contributed by atoms with Gasteiger partial charge in [0.2, 0.25) is 0 Å². The monoisotopic (exact) mass is 462 g/mol. The van der Waals surface area contributed by atoms with Crippen LogP contribution in [0, 0.1) is 5.82 Å². The minimum absolute atomic E-state index is 0. The fraction of sp³-hybridized carbons (Fsp3) is 0.353. The molecule has 0 aliphatic heterocycles. The fourth-order valence-corrected chi connectivity index (χ4v) is 2.83. The molecule has 0 saturated heterocycles. The third-order valence-electron chi connectivity index (χ3n) is 3.48. The van der Waals surface area contributed by atoms with Gasteiger partial charge in [0.15, 0.2) is 5.96 Å². The number of aliphatic imine (C=N–C) groups is 1. The molecule has 0 amide bonds. The summed E-state index contributed by atoms with van der Waals surface area (Å²) in [6.45, 7) is 2.42. The Bertz CT molecular complexity index is 619. The van der Waals surface area contributed by atoms with Crippen LogP contribution < -0.4 is 15.5 Å². The number of nitrogens with zero attached hydrogens (tertiary/aromatic N) is 2. The number of hydrogen-bond donors (Lipinski definition) is 2. The Kier molecular flexibility index (Phi) is 9.70. The highest BCUT2D eigenvalue weighted by atomic mass is 127. The Morgan fingerprint density at radius 3 is 2.79 bits per heavy atom. The topological polar surface area (TPSA) is 39.7 Å². The average Bonchev–Trinajstić information content (AvgIpc) is 3.07. The Morgan fingerprint density at radius 1 is 1.29 bits per heavy atom. The first-order valence-corrected chi connectivity index (χ1v) is 8.55. The van der Waals surface area contributed by atoms with Crippen LogP contribution in [0.4, 0.5) is 10.1 Å². The summed E-state index contributed by atoms with van der Waals surface area (Å²) in [5, 5.41) is 10.8. The molecule has 0 aliphatic carbocycles. The number of guanidine groups is 1. The van der Waals surface area contributed by atoms with E-state index in [-0.39, 0.29) is 29.8 Å². The maximum absolute atomic E-state index is 13.2. The van der Waals surface area contributed by atoms with Crippen molar-refractivity contribution >= 4 is 47.0 Å². The van der Waals surface area contributed by atoms with Gasteiger partial charge >= 0.3 is 0 Å². The maximum atomic E-state index is 13.2. The van der Waals surface area contributed by atoms with E-state index in [1.165, 1.54) is 11.6 Å². The SMILES string of the molecule is CN=C(NCCCN(C)c1cccc(F)c1)NCc1ccsc1.I. The number of anilines is 1. The van der Waals surface area contributed by atoms with Crippen molar-refractivity contribution in [1.82, 2.24) is 10.6 Å². The highest BCUT2D eigenvalue weighted by Crippen LogP contribution is 2.13. The summed E-state index contributed by atoms with van der Waals surface area (Å²) in [5.74, 6) is 0.593. The molecule has 1 aromatic heterocycles. The molecule has 0 bridgehead atoms. The molecule has 2 rings (SSSR count). The van der Waals surface area contributed by atoms with E-state index in [1.807, 2.05) is 18.0 Å². The molecule has 2 aromatic rings. The molecule has 0 unspecified atom stereocenters. The lowest BCUT2D eigenvalue weighted by atomic mass is 10.2. The van der Waals surface area contributed by atoms with Crippen LogP contribution in [-0.2, 0) is 6.54 Å². The van der Waals surface area contributed by atoms with E-state index < -0.39 is 0 Å². The van der Waals surface area contributed by atoms with Crippen LogP contribution in [0.15, 0.2) is 46.1 Å². The van der Waals surface area contributed by atoms with Gasteiger partial charge in [-0.1, -0.05) is 6.07 Å². The molecule has 0 spiro atoms. The van der Waals surface area contributed by atoms with Crippen LogP contribution in [0.1, 0.15) is 12.0 Å². The predicted molar refractivity (Wildman–Crippen MR) is 112 cm³/mol. The zero-order valence-corrected chi connectivity index (χ0v) is 17.1. The van der Waals surface area contributed by atoms with E-state index in [2.05, 4.69) is 32.5 Å². The van der Waals surface area contributed by atoms with E-state index in [0.29, 0.717) is 0 Å². The van der Waals surface area contributed by atoms with E-state index in [9.17, 15) is 4.39 Å². The van der Waals surface area contributed by atoms with Gasteiger partial charge in [-0.25, -0.2) is 4.39 Å². The highest BCUT2D eigenvalue weighted by molar-refractivity contribution is 14.0. The Morgan fingerprint density at radius 2 is 2.12 bits per heavy atom. The van der Waals surface area contributed by atoms with E-state index >= 15 is 0 Å². The van der Waals surface area contributed by atoms with Crippen molar-refractivity contribution < 1.29 is 4.39 Å². The van der Waals surface area contributed by atoms with Crippen LogP contribution in [0.2, 0.25) is 0 Å². The molecular weight excluding hydrogens is 438 g/mol. The molecule has 7 heteroatoms. The molecule has 4 nitrogen and oxygen atoms in total. The van der Waals surface area contributed by atoms with Crippen molar-refractivity contribution in [1.29, 1.82) is 0 Å². The number of nitrogens with one attached hydrogen (secondary N) is 2. The second-order valence-electron chi connectivity index (χ2n) is 5.24. The first kappa shape index (κ1) is 20.7. The van der Waals surface area contributed by atoms with Gasteiger partial charge in [-0.15, -0.1) is 24.0 Å². The van der Waals surface area contributed by atoms with Crippen molar-refractivity contribution in [2.45, 2.75) is 13.0 Å². The number of rotatable bonds is 7. The van der Waals surface area contributed by atoms with E-state index in [0.717, 1.165) is 37.7 Å². The lowest BCUT2D eigenvalue weighted by Gasteiger charge is -2.19. The van der Waals surface area contributed by atoms with Gasteiger partial charge < -0.3 is 15.5 Å².